The standard InChI is InChI=1S/C28H26N4O5/c1-18-29-30-28(37-18)21-8-14-24(15-9-21)36-17-27(33)32-26(20-6-12-23(35-3)13-7-20)16-25(31-32)19-4-10-22(34-2)11-5-19/h4-15,26H,16-17H2,1-3H3. The summed E-state index contributed by atoms with van der Waals surface area (Å²) in [7, 11) is 3.25. The highest BCUT2D eigenvalue weighted by molar-refractivity contribution is 6.03. The zero-order valence-electron chi connectivity index (χ0n) is 20.7. The van der Waals surface area contributed by atoms with E-state index in [1.165, 1.54) is 5.01 Å². The first kappa shape index (κ1) is 24.1. The van der Waals surface area contributed by atoms with Crippen LogP contribution in [0.1, 0.15) is 29.5 Å². The van der Waals surface area contributed by atoms with Crippen LogP contribution in [0.3, 0.4) is 0 Å². The van der Waals surface area contributed by atoms with Crippen LogP contribution in [0.4, 0.5) is 0 Å². The number of ether oxygens (including phenoxy) is 3. The second-order valence-corrected chi connectivity index (χ2v) is 8.45. The van der Waals surface area contributed by atoms with E-state index in [-0.39, 0.29) is 18.6 Å². The van der Waals surface area contributed by atoms with Gasteiger partial charge in [-0.1, -0.05) is 12.1 Å². The molecule has 1 atom stereocenters. The fourth-order valence-corrected chi connectivity index (χ4v) is 4.10. The molecule has 5 rings (SSSR count). The van der Waals surface area contributed by atoms with Gasteiger partial charge in [-0.25, -0.2) is 5.01 Å². The van der Waals surface area contributed by atoms with Crippen molar-refractivity contribution in [2.45, 2.75) is 19.4 Å². The minimum Gasteiger partial charge on any atom is -0.497 e. The smallest absolute Gasteiger partial charge is 0.281 e. The van der Waals surface area contributed by atoms with Crippen molar-refractivity contribution in [3.63, 3.8) is 0 Å². The molecule has 0 spiro atoms. The maximum Gasteiger partial charge on any atom is 0.281 e. The molecule has 1 unspecified atom stereocenters. The monoisotopic (exact) mass is 498 g/mol. The van der Waals surface area contributed by atoms with Crippen LogP contribution in [-0.4, -0.2) is 47.7 Å². The van der Waals surface area contributed by atoms with E-state index in [0.29, 0.717) is 24.0 Å². The van der Waals surface area contributed by atoms with Crippen molar-refractivity contribution in [3.05, 3.63) is 89.8 Å². The predicted octanol–water partition coefficient (Wildman–Crippen LogP) is 4.82. The molecule has 1 aliphatic rings. The number of amides is 1. The lowest BCUT2D eigenvalue weighted by Crippen LogP contribution is -2.31. The summed E-state index contributed by atoms with van der Waals surface area (Å²) in [6.45, 7) is 1.57. The molecule has 0 saturated heterocycles. The number of carbonyl (C=O) groups is 1. The fourth-order valence-electron chi connectivity index (χ4n) is 4.10. The maximum atomic E-state index is 13.3. The van der Waals surface area contributed by atoms with Crippen molar-refractivity contribution < 1.29 is 23.4 Å². The van der Waals surface area contributed by atoms with Gasteiger partial charge in [0.05, 0.1) is 26.0 Å². The molecule has 1 amide bonds. The highest BCUT2D eigenvalue weighted by atomic mass is 16.5. The third-order valence-corrected chi connectivity index (χ3v) is 6.08. The van der Waals surface area contributed by atoms with Crippen LogP contribution in [0.25, 0.3) is 11.5 Å². The fraction of sp³-hybridized carbons (Fsp3) is 0.214. The van der Waals surface area contributed by atoms with Gasteiger partial charge in [-0.2, -0.15) is 5.10 Å². The molecule has 37 heavy (non-hydrogen) atoms. The molecule has 0 N–H and O–H groups in total. The van der Waals surface area contributed by atoms with Gasteiger partial charge < -0.3 is 18.6 Å². The van der Waals surface area contributed by atoms with Gasteiger partial charge in [-0.3, -0.25) is 4.79 Å². The zero-order valence-corrected chi connectivity index (χ0v) is 20.7. The van der Waals surface area contributed by atoms with Crippen LogP contribution in [0.2, 0.25) is 0 Å². The largest absolute Gasteiger partial charge is 0.497 e. The molecule has 9 nitrogen and oxygen atoms in total. The second-order valence-electron chi connectivity index (χ2n) is 8.45. The number of hydrogen-bond acceptors (Lipinski definition) is 8. The van der Waals surface area contributed by atoms with E-state index in [9.17, 15) is 4.79 Å². The normalized spacial score (nSPS) is 14.8. The predicted molar refractivity (Wildman–Crippen MR) is 137 cm³/mol. The number of rotatable bonds is 8. The van der Waals surface area contributed by atoms with Crippen molar-refractivity contribution in [3.8, 4) is 28.7 Å². The maximum absolute atomic E-state index is 13.3. The van der Waals surface area contributed by atoms with Crippen LogP contribution in [0, 0.1) is 6.92 Å². The summed E-state index contributed by atoms with van der Waals surface area (Å²) in [6.07, 6.45) is 0.572. The van der Waals surface area contributed by atoms with Crippen molar-refractivity contribution >= 4 is 11.6 Å². The van der Waals surface area contributed by atoms with Crippen molar-refractivity contribution in [2.24, 2.45) is 5.10 Å². The lowest BCUT2D eigenvalue weighted by Gasteiger charge is -2.22. The van der Waals surface area contributed by atoms with Gasteiger partial charge in [-0.15, -0.1) is 10.2 Å². The minimum absolute atomic E-state index is 0.162. The molecule has 0 saturated carbocycles. The third kappa shape index (κ3) is 5.30. The number of nitrogens with zero attached hydrogens (tertiary/aromatic N) is 4. The molecule has 0 fully saturated rings. The summed E-state index contributed by atoms with van der Waals surface area (Å²) >= 11 is 0. The molecule has 188 valence electrons. The number of carbonyl (C=O) groups excluding carboxylic acids is 1. The molecule has 4 aromatic rings. The zero-order chi connectivity index (χ0) is 25.8. The van der Waals surface area contributed by atoms with E-state index in [1.54, 1.807) is 33.3 Å². The number of aryl methyl sites for hydroxylation is 1. The van der Waals surface area contributed by atoms with E-state index in [4.69, 9.17) is 23.7 Å². The number of hydrazone groups is 1. The highest BCUT2D eigenvalue weighted by Gasteiger charge is 2.33. The van der Waals surface area contributed by atoms with E-state index in [2.05, 4.69) is 10.2 Å². The van der Waals surface area contributed by atoms with E-state index in [0.717, 1.165) is 33.9 Å². The average Bonchev–Trinajstić information content (AvgIpc) is 3.59. The molecule has 2 heterocycles. The first-order chi connectivity index (χ1) is 18.0. The summed E-state index contributed by atoms with van der Waals surface area (Å²) in [5.74, 6) is 2.73. The van der Waals surface area contributed by atoms with Crippen LogP contribution in [0.15, 0.2) is 82.3 Å². The Hall–Kier alpha value is -4.66. The van der Waals surface area contributed by atoms with E-state index >= 15 is 0 Å². The van der Waals surface area contributed by atoms with Crippen LogP contribution in [0.5, 0.6) is 17.2 Å². The van der Waals surface area contributed by atoms with Gasteiger partial charge in [0.2, 0.25) is 11.8 Å². The summed E-state index contributed by atoms with van der Waals surface area (Å²) in [6, 6.07) is 22.2. The average molecular weight is 499 g/mol. The van der Waals surface area contributed by atoms with Crippen molar-refractivity contribution in [2.75, 3.05) is 20.8 Å². The number of hydrogen-bond donors (Lipinski definition) is 0. The van der Waals surface area contributed by atoms with Crippen molar-refractivity contribution in [1.29, 1.82) is 0 Å². The SMILES string of the molecule is COc1ccc(C2=NN(C(=O)COc3ccc(-c4nnc(C)o4)cc3)C(c3ccc(OC)cc3)C2)cc1. The first-order valence-corrected chi connectivity index (χ1v) is 11.8. The Morgan fingerprint density at radius 2 is 1.46 bits per heavy atom. The quantitative estimate of drug-likeness (QED) is 0.343. The molecule has 0 bridgehead atoms. The molecule has 0 aliphatic carbocycles. The molecule has 0 radical (unpaired) electrons. The molecule has 1 aromatic heterocycles. The highest BCUT2D eigenvalue weighted by Crippen LogP contribution is 2.34. The third-order valence-electron chi connectivity index (χ3n) is 6.08. The molecule has 1 aliphatic heterocycles. The summed E-state index contributed by atoms with van der Waals surface area (Å²) in [5, 5.41) is 14.1. The Morgan fingerprint density at radius 1 is 0.865 bits per heavy atom. The van der Waals surface area contributed by atoms with E-state index in [1.807, 2.05) is 60.7 Å². The van der Waals surface area contributed by atoms with Gasteiger partial charge in [0.1, 0.15) is 17.2 Å². The summed E-state index contributed by atoms with van der Waals surface area (Å²) in [5.41, 5.74) is 3.48. The molecule has 9 heteroatoms. The van der Waals surface area contributed by atoms with Gasteiger partial charge in [0.25, 0.3) is 5.91 Å². The van der Waals surface area contributed by atoms with Crippen molar-refractivity contribution in [1.82, 2.24) is 15.2 Å². The lowest BCUT2D eigenvalue weighted by molar-refractivity contribution is -0.135. The number of benzene rings is 3. The molecular weight excluding hydrogens is 472 g/mol. The Kier molecular flexibility index (Phi) is 6.85. The Balaban J connectivity index is 1.33. The van der Waals surface area contributed by atoms with Gasteiger partial charge >= 0.3 is 0 Å². The van der Waals surface area contributed by atoms with Crippen LogP contribution >= 0.6 is 0 Å². The van der Waals surface area contributed by atoms with Gasteiger partial charge in [0.15, 0.2) is 6.61 Å². The Morgan fingerprint density at radius 3 is 2.05 bits per heavy atom. The topological polar surface area (TPSA) is 99.3 Å². The minimum atomic E-state index is -0.262. The van der Waals surface area contributed by atoms with E-state index < -0.39 is 0 Å². The van der Waals surface area contributed by atoms with Gasteiger partial charge in [0, 0.05) is 18.9 Å². The molecular formula is C28H26N4O5. The first-order valence-electron chi connectivity index (χ1n) is 11.8. The van der Waals surface area contributed by atoms with Crippen LogP contribution < -0.4 is 14.2 Å². The van der Waals surface area contributed by atoms with Crippen LogP contribution in [-0.2, 0) is 4.79 Å². The Labute approximate surface area is 214 Å². The second kappa shape index (κ2) is 10.5. The molecule has 3 aromatic carbocycles. The summed E-state index contributed by atoms with van der Waals surface area (Å²) < 4.78 is 21.8. The Bertz CT molecular complexity index is 1400. The lowest BCUT2D eigenvalue weighted by atomic mass is 9.98. The summed E-state index contributed by atoms with van der Waals surface area (Å²) in [4.78, 5) is 13.3. The number of aromatic nitrogens is 2. The van der Waals surface area contributed by atoms with Gasteiger partial charge in [-0.05, 0) is 71.8 Å². The number of methoxy groups -OCH3 is 2.